The standard InChI is InChI=1S/C24H18ClFN2O4/c1-31-16-10-5-9-15(13-16)27-23(29)20-21(19-17(25)11-6-12-18(19)26)28(32-22(20)24(27)30)14-7-3-2-4-8-14/h2-13,20-22H,1H3/t20-,21-,22-/m0/s1. The molecule has 3 atom stereocenters. The molecule has 0 spiro atoms. The van der Waals surface area contributed by atoms with Crippen molar-refractivity contribution in [2.45, 2.75) is 12.1 Å². The number of amides is 2. The lowest BCUT2D eigenvalue weighted by atomic mass is 9.90. The summed E-state index contributed by atoms with van der Waals surface area (Å²) in [6.07, 6.45) is -1.12. The number of hydroxylamine groups is 1. The molecule has 0 bridgehead atoms. The van der Waals surface area contributed by atoms with Crippen LogP contribution in [0.25, 0.3) is 0 Å². The fraction of sp³-hybridized carbons (Fsp3) is 0.167. The zero-order chi connectivity index (χ0) is 22.4. The molecule has 2 aliphatic heterocycles. The van der Waals surface area contributed by atoms with E-state index < -0.39 is 35.7 Å². The van der Waals surface area contributed by atoms with Gasteiger partial charge in [-0.15, -0.1) is 0 Å². The van der Waals surface area contributed by atoms with E-state index in [-0.39, 0.29) is 10.6 Å². The number of methoxy groups -OCH3 is 1. The summed E-state index contributed by atoms with van der Waals surface area (Å²) in [5, 5.41) is 1.57. The number of fused-ring (bicyclic) bond motifs is 1. The number of ether oxygens (including phenoxy) is 1. The Morgan fingerprint density at radius 1 is 0.938 bits per heavy atom. The van der Waals surface area contributed by atoms with Crippen molar-refractivity contribution in [1.82, 2.24) is 0 Å². The molecular weight excluding hydrogens is 435 g/mol. The van der Waals surface area contributed by atoms with Crippen molar-refractivity contribution in [2.24, 2.45) is 5.92 Å². The lowest BCUT2D eigenvalue weighted by Gasteiger charge is -2.29. The quantitative estimate of drug-likeness (QED) is 0.544. The van der Waals surface area contributed by atoms with E-state index in [2.05, 4.69) is 0 Å². The molecule has 2 amide bonds. The molecule has 3 aromatic carbocycles. The Kier molecular flexibility index (Phi) is 5.07. The van der Waals surface area contributed by atoms with Crippen LogP contribution in [0.3, 0.4) is 0 Å². The largest absolute Gasteiger partial charge is 0.497 e. The van der Waals surface area contributed by atoms with E-state index in [1.165, 1.54) is 24.3 Å². The Morgan fingerprint density at radius 2 is 1.66 bits per heavy atom. The van der Waals surface area contributed by atoms with Crippen molar-refractivity contribution >= 4 is 34.8 Å². The van der Waals surface area contributed by atoms with Gasteiger partial charge in [0.15, 0.2) is 6.10 Å². The molecular formula is C24H18ClFN2O4. The van der Waals surface area contributed by atoms with Gasteiger partial charge in [0.1, 0.15) is 23.5 Å². The molecule has 0 aromatic heterocycles. The molecule has 5 rings (SSSR count). The van der Waals surface area contributed by atoms with Gasteiger partial charge in [0.2, 0.25) is 5.91 Å². The van der Waals surface area contributed by atoms with Crippen LogP contribution in [0, 0.1) is 11.7 Å². The third kappa shape index (κ3) is 3.13. The van der Waals surface area contributed by atoms with Crippen LogP contribution in [-0.4, -0.2) is 25.0 Å². The van der Waals surface area contributed by atoms with Gasteiger partial charge in [-0.25, -0.2) is 14.4 Å². The van der Waals surface area contributed by atoms with Crippen LogP contribution >= 0.6 is 11.6 Å². The van der Waals surface area contributed by atoms with Gasteiger partial charge in [-0.3, -0.25) is 14.4 Å². The van der Waals surface area contributed by atoms with Crippen LogP contribution in [0.2, 0.25) is 5.02 Å². The van der Waals surface area contributed by atoms with Crippen LogP contribution in [-0.2, 0) is 14.4 Å². The van der Waals surface area contributed by atoms with Gasteiger partial charge in [-0.1, -0.05) is 41.9 Å². The molecule has 6 nitrogen and oxygen atoms in total. The topological polar surface area (TPSA) is 59.1 Å². The number of para-hydroxylation sites is 1. The number of hydrogen-bond donors (Lipinski definition) is 0. The van der Waals surface area contributed by atoms with Crippen molar-refractivity contribution in [3.63, 3.8) is 0 Å². The normalized spacial score (nSPS) is 22.4. The minimum atomic E-state index is -1.12. The average Bonchev–Trinajstić information content (AvgIpc) is 3.30. The SMILES string of the molecule is COc1cccc(N2C(=O)[C@@H]3[C@H](ON(c4ccccc4)[C@H]3c3c(F)cccc3Cl)C2=O)c1. The predicted molar refractivity (Wildman–Crippen MR) is 117 cm³/mol. The molecule has 32 heavy (non-hydrogen) atoms. The molecule has 2 aliphatic rings. The Bertz CT molecular complexity index is 1190. The molecule has 162 valence electrons. The van der Waals surface area contributed by atoms with E-state index in [1.54, 1.807) is 54.6 Å². The highest BCUT2D eigenvalue weighted by atomic mass is 35.5. The summed E-state index contributed by atoms with van der Waals surface area (Å²) in [6, 6.07) is 19.0. The average molecular weight is 453 g/mol. The molecule has 0 saturated carbocycles. The first-order valence-corrected chi connectivity index (χ1v) is 10.4. The van der Waals surface area contributed by atoms with Gasteiger partial charge in [0.05, 0.1) is 18.5 Å². The monoisotopic (exact) mass is 452 g/mol. The molecule has 2 heterocycles. The third-order valence-corrected chi connectivity index (χ3v) is 6.06. The smallest absolute Gasteiger partial charge is 0.266 e. The zero-order valence-electron chi connectivity index (χ0n) is 16.9. The lowest BCUT2D eigenvalue weighted by molar-refractivity contribution is -0.126. The zero-order valence-corrected chi connectivity index (χ0v) is 17.7. The summed E-state index contributed by atoms with van der Waals surface area (Å²) < 4.78 is 20.2. The Balaban J connectivity index is 1.62. The van der Waals surface area contributed by atoms with E-state index in [4.69, 9.17) is 21.2 Å². The van der Waals surface area contributed by atoms with Crippen LogP contribution in [0.15, 0.2) is 72.8 Å². The fourth-order valence-electron chi connectivity index (χ4n) is 4.30. The Labute approximate surface area is 188 Å². The van der Waals surface area contributed by atoms with E-state index in [9.17, 15) is 14.0 Å². The van der Waals surface area contributed by atoms with Gasteiger partial charge in [0.25, 0.3) is 5.91 Å². The highest BCUT2D eigenvalue weighted by molar-refractivity contribution is 6.31. The number of hydrogen-bond acceptors (Lipinski definition) is 5. The predicted octanol–water partition coefficient (Wildman–Crippen LogP) is 4.54. The molecule has 2 fully saturated rings. The maximum absolute atomic E-state index is 15.0. The number of nitrogens with zero attached hydrogens (tertiary/aromatic N) is 2. The molecule has 3 aromatic rings. The molecule has 0 unspecified atom stereocenters. The van der Waals surface area contributed by atoms with Crippen molar-refractivity contribution in [3.8, 4) is 5.75 Å². The van der Waals surface area contributed by atoms with Crippen molar-refractivity contribution in [2.75, 3.05) is 17.1 Å². The number of carbonyl (C=O) groups is 2. The van der Waals surface area contributed by atoms with E-state index in [1.807, 2.05) is 6.07 Å². The second kappa shape index (κ2) is 7.93. The van der Waals surface area contributed by atoms with Gasteiger partial charge in [-0.05, 0) is 36.4 Å². The van der Waals surface area contributed by atoms with Crippen molar-refractivity contribution in [3.05, 3.63) is 89.2 Å². The third-order valence-electron chi connectivity index (χ3n) is 5.73. The van der Waals surface area contributed by atoms with Crippen molar-refractivity contribution < 1.29 is 23.6 Å². The first-order valence-electron chi connectivity index (χ1n) is 9.98. The maximum atomic E-state index is 15.0. The summed E-state index contributed by atoms with van der Waals surface area (Å²) in [5.41, 5.74) is 1.06. The Morgan fingerprint density at radius 3 is 2.38 bits per heavy atom. The van der Waals surface area contributed by atoms with E-state index >= 15 is 0 Å². The highest BCUT2D eigenvalue weighted by Crippen LogP contribution is 2.49. The van der Waals surface area contributed by atoms with Gasteiger partial charge in [-0.2, -0.15) is 0 Å². The van der Waals surface area contributed by atoms with Crippen LogP contribution in [0.1, 0.15) is 11.6 Å². The second-order valence-corrected chi connectivity index (χ2v) is 7.91. The minimum Gasteiger partial charge on any atom is -0.497 e. The highest BCUT2D eigenvalue weighted by Gasteiger charge is 2.61. The number of anilines is 2. The summed E-state index contributed by atoms with van der Waals surface area (Å²) in [7, 11) is 1.50. The summed E-state index contributed by atoms with van der Waals surface area (Å²) in [6.45, 7) is 0. The summed E-state index contributed by atoms with van der Waals surface area (Å²) >= 11 is 6.38. The van der Waals surface area contributed by atoms with Crippen LogP contribution < -0.4 is 14.7 Å². The lowest BCUT2D eigenvalue weighted by Crippen LogP contribution is -2.37. The molecule has 2 saturated heterocycles. The van der Waals surface area contributed by atoms with Gasteiger partial charge < -0.3 is 4.74 Å². The summed E-state index contributed by atoms with van der Waals surface area (Å²) in [4.78, 5) is 34.0. The van der Waals surface area contributed by atoms with Gasteiger partial charge in [0, 0.05) is 16.7 Å². The van der Waals surface area contributed by atoms with E-state index in [0.29, 0.717) is 17.1 Å². The molecule has 0 radical (unpaired) electrons. The van der Waals surface area contributed by atoms with E-state index in [0.717, 1.165) is 4.90 Å². The fourth-order valence-corrected chi connectivity index (χ4v) is 4.58. The number of halogens is 2. The Hall–Kier alpha value is -3.42. The molecule has 0 N–H and O–H groups in total. The first-order chi connectivity index (χ1) is 15.5. The number of imide groups is 1. The minimum absolute atomic E-state index is 0.110. The molecule has 0 aliphatic carbocycles. The maximum Gasteiger partial charge on any atom is 0.266 e. The molecule has 8 heteroatoms. The first kappa shape index (κ1) is 20.5. The second-order valence-electron chi connectivity index (χ2n) is 7.51. The number of rotatable bonds is 4. The van der Waals surface area contributed by atoms with Crippen LogP contribution in [0.5, 0.6) is 5.75 Å². The summed E-state index contributed by atoms with van der Waals surface area (Å²) in [5.74, 6) is -2.07. The van der Waals surface area contributed by atoms with Crippen molar-refractivity contribution in [1.29, 1.82) is 0 Å². The van der Waals surface area contributed by atoms with Crippen LogP contribution in [0.4, 0.5) is 15.8 Å². The number of carbonyl (C=O) groups excluding carboxylic acids is 2. The number of benzene rings is 3. The van der Waals surface area contributed by atoms with Gasteiger partial charge >= 0.3 is 0 Å².